The Labute approximate surface area is 120 Å². The van der Waals surface area contributed by atoms with Gasteiger partial charge in [-0.3, -0.25) is 4.90 Å². The lowest BCUT2D eigenvalue weighted by atomic mass is 9.60. The molecule has 0 radical (unpaired) electrons. The van der Waals surface area contributed by atoms with Gasteiger partial charge in [-0.25, -0.2) is 0 Å². The van der Waals surface area contributed by atoms with Gasteiger partial charge in [-0.1, -0.05) is 35.2 Å². The number of hydrogen-bond acceptors (Lipinski definition) is 1. The molecule has 1 nitrogen and oxygen atoms in total. The summed E-state index contributed by atoms with van der Waals surface area (Å²) in [7, 11) is 0. The SMILES string of the molecule is BrC1CC2CCCN3CC4(CCCCC4)C(C1)C23. The van der Waals surface area contributed by atoms with Gasteiger partial charge < -0.3 is 0 Å². The molecule has 4 fully saturated rings. The summed E-state index contributed by atoms with van der Waals surface area (Å²) >= 11 is 3.98. The molecule has 1 spiro atoms. The Bertz CT molecular complexity index is 323. The van der Waals surface area contributed by atoms with Crippen molar-refractivity contribution in [2.45, 2.75) is 68.7 Å². The third kappa shape index (κ3) is 1.74. The monoisotopic (exact) mass is 311 g/mol. The second-order valence-electron chi connectivity index (χ2n) is 7.46. The van der Waals surface area contributed by atoms with Crippen molar-refractivity contribution in [3.63, 3.8) is 0 Å². The summed E-state index contributed by atoms with van der Waals surface area (Å²) in [4.78, 5) is 3.74. The van der Waals surface area contributed by atoms with Crippen LogP contribution in [0.1, 0.15) is 57.8 Å². The molecule has 2 heteroatoms. The van der Waals surface area contributed by atoms with Crippen LogP contribution in [0.4, 0.5) is 0 Å². The Morgan fingerprint density at radius 3 is 2.67 bits per heavy atom. The van der Waals surface area contributed by atoms with Gasteiger partial charge in [-0.15, -0.1) is 0 Å². The van der Waals surface area contributed by atoms with Crippen LogP contribution in [-0.4, -0.2) is 28.9 Å². The minimum Gasteiger partial charge on any atom is -0.299 e. The Hall–Kier alpha value is 0.440. The first-order valence-electron chi connectivity index (χ1n) is 8.17. The molecule has 102 valence electrons. The van der Waals surface area contributed by atoms with Gasteiger partial charge >= 0.3 is 0 Å². The van der Waals surface area contributed by atoms with Crippen LogP contribution in [0.5, 0.6) is 0 Å². The predicted octanol–water partition coefficient (Wildman–Crippen LogP) is 4.20. The molecular weight excluding hydrogens is 286 g/mol. The number of piperidine rings is 1. The molecule has 0 aromatic rings. The average Bonchev–Trinajstić information content (AvgIpc) is 2.66. The van der Waals surface area contributed by atoms with E-state index >= 15 is 0 Å². The molecule has 18 heavy (non-hydrogen) atoms. The predicted molar refractivity (Wildman–Crippen MR) is 79.0 cm³/mol. The minimum absolute atomic E-state index is 0.734. The van der Waals surface area contributed by atoms with Gasteiger partial charge in [0.1, 0.15) is 0 Å². The second-order valence-corrected chi connectivity index (χ2v) is 8.76. The topological polar surface area (TPSA) is 3.24 Å². The van der Waals surface area contributed by atoms with E-state index in [9.17, 15) is 0 Å². The summed E-state index contributed by atoms with van der Waals surface area (Å²) in [6.45, 7) is 2.87. The molecule has 4 atom stereocenters. The first kappa shape index (κ1) is 12.2. The van der Waals surface area contributed by atoms with E-state index in [4.69, 9.17) is 0 Å². The zero-order valence-electron chi connectivity index (χ0n) is 11.4. The van der Waals surface area contributed by atoms with Gasteiger partial charge in [0.25, 0.3) is 0 Å². The third-order valence-electron chi connectivity index (χ3n) is 6.56. The fraction of sp³-hybridized carbons (Fsp3) is 1.00. The van der Waals surface area contributed by atoms with Crippen LogP contribution in [0, 0.1) is 17.3 Å². The minimum atomic E-state index is 0.734. The Balaban J connectivity index is 1.67. The van der Waals surface area contributed by atoms with Crippen LogP contribution in [0.15, 0.2) is 0 Å². The van der Waals surface area contributed by atoms with Crippen LogP contribution in [-0.2, 0) is 0 Å². The molecule has 0 amide bonds. The molecule has 0 aromatic carbocycles. The van der Waals surface area contributed by atoms with Crippen LogP contribution in [0.3, 0.4) is 0 Å². The quantitative estimate of drug-likeness (QED) is 0.606. The molecular formula is C16H26BrN. The van der Waals surface area contributed by atoms with Crippen LogP contribution >= 0.6 is 15.9 Å². The lowest BCUT2D eigenvalue weighted by molar-refractivity contribution is 0.0604. The number of hydrogen-bond donors (Lipinski definition) is 0. The average molecular weight is 312 g/mol. The number of fused-ring (bicyclic) bond motifs is 1. The molecule has 2 saturated heterocycles. The van der Waals surface area contributed by atoms with Crippen molar-refractivity contribution in [3.8, 4) is 0 Å². The van der Waals surface area contributed by atoms with Gasteiger partial charge in [-0.05, 0) is 62.3 Å². The van der Waals surface area contributed by atoms with Crippen molar-refractivity contribution in [2.75, 3.05) is 13.1 Å². The largest absolute Gasteiger partial charge is 0.299 e. The summed E-state index contributed by atoms with van der Waals surface area (Å²) in [6, 6.07) is 0.977. The third-order valence-corrected chi connectivity index (χ3v) is 7.31. The summed E-state index contributed by atoms with van der Waals surface area (Å²) < 4.78 is 0. The maximum Gasteiger partial charge on any atom is 0.0159 e. The van der Waals surface area contributed by atoms with E-state index in [1.54, 1.807) is 0 Å². The second kappa shape index (κ2) is 4.48. The van der Waals surface area contributed by atoms with Crippen molar-refractivity contribution in [1.82, 2.24) is 4.90 Å². The van der Waals surface area contributed by atoms with Gasteiger partial charge in [0.15, 0.2) is 0 Å². The highest BCUT2D eigenvalue weighted by Crippen LogP contribution is 2.58. The van der Waals surface area contributed by atoms with Crippen molar-refractivity contribution >= 4 is 15.9 Å². The molecule has 2 heterocycles. The Morgan fingerprint density at radius 1 is 1.00 bits per heavy atom. The molecule has 4 rings (SSSR count). The summed E-state index contributed by atoms with van der Waals surface area (Å²) in [5.74, 6) is 2.05. The first-order chi connectivity index (χ1) is 8.78. The smallest absolute Gasteiger partial charge is 0.0159 e. The fourth-order valence-corrected chi connectivity index (χ4v) is 6.84. The van der Waals surface area contributed by atoms with Crippen molar-refractivity contribution in [1.29, 1.82) is 0 Å². The van der Waals surface area contributed by atoms with Crippen LogP contribution < -0.4 is 0 Å². The van der Waals surface area contributed by atoms with Gasteiger partial charge in [0, 0.05) is 17.4 Å². The van der Waals surface area contributed by atoms with Crippen molar-refractivity contribution in [3.05, 3.63) is 0 Å². The van der Waals surface area contributed by atoms with Gasteiger partial charge in [0.05, 0.1) is 0 Å². The van der Waals surface area contributed by atoms with Gasteiger partial charge in [-0.2, -0.15) is 0 Å². The lowest BCUT2D eigenvalue weighted by Gasteiger charge is -2.47. The molecule has 2 saturated carbocycles. The first-order valence-corrected chi connectivity index (χ1v) is 9.08. The number of rotatable bonds is 0. The highest BCUT2D eigenvalue weighted by molar-refractivity contribution is 9.09. The molecule has 0 N–H and O–H groups in total. The number of halogens is 1. The normalized spacial score (nSPS) is 47.2. The van der Waals surface area contributed by atoms with E-state index in [-0.39, 0.29) is 0 Å². The maximum absolute atomic E-state index is 3.98. The summed E-state index contributed by atoms with van der Waals surface area (Å²) in [6.07, 6.45) is 13.5. The summed E-state index contributed by atoms with van der Waals surface area (Å²) in [5, 5.41) is 0. The van der Waals surface area contributed by atoms with E-state index in [1.807, 2.05) is 0 Å². The number of alkyl halides is 1. The molecule has 0 aromatic heterocycles. The maximum atomic E-state index is 3.98. The highest BCUT2D eigenvalue weighted by Gasteiger charge is 2.57. The highest BCUT2D eigenvalue weighted by atomic mass is 79.9. The standard InChI is InChI=1S/C16H26BrN/c17-13-9-12-5-4-8-18-11-16(6-2-1-3-7-16)14(10-13)15(12)18/h12-15H,1-11H2. The van der Waals surface area contributed by atoms with Crippen LogP contribution in [0.25, 0.3) is 0 Å². The molecule has 2 aliphatic carbocycles. The lowest BCUT2D eigenvalue weighted by Crippen LogP contribution is -2.48. The van der Waals surface area contributed by atoms with E-state index in [0.717, 1.165) is 28.1 Å². The molecule has 0 bridgehead atoms. The van der Waals surface area contributed by atoms with Crippen LogP contribution in [0.2, 0.25) is 0 Å². The molecule has 2 aliphatic heterocycles. The van der Waals surface area contributed by atoms with Crippen molar-refractivity contribution in [2.24, 2.45) is 17.3 Å². The van der Waals surface area contributed by atoms with E-state index in [2.05, 4.69) is 20.8 Å². The Morgan fingerprint density at radius 2 is 1.83 bits per heavy atom. The van der Waals surface area contributed by atoms with Gasteiger partial charge in [0.2, 0.25) is 0 Å². The molecule has 4 aliphatic rings. The number of nitrogens with zero attached hydrogens (tertiary/aromatic N) is 1. The van der Waals surface area contributed by atoms with E-state index in [1.165, 1.54) is 70.9 Å². The zero-order valence-corrected chi connectivity index (χ0v) is 13.0. The van der Waals surface area contributed by atoms with Crippen molar-refractivity contribution < 1.29 is 0 Å². The Kier molecular flexibility index (Phi) is 3.04. The summed E-state index contributed by atoms with van der Waals surface area (Å²) in [5.41, 5.74) is 0.734. The van der Waals surface area contributed by atoms with E-state index in [0.29, 0.717) is 0 Å². The zero-order chi connectivity index (χ0) is 12.2. The fourth-order valence-electron chi connectivity index (χ4n) is 5.96. The molecule has 4 unspecified atom stereocenters. The van der Waals surface area contributed by atoms with E-state index < -0.39 is 0 Å².